The predicted octanol–water partition coefficient (Wildman–Crippen LogP) is 4.23. The highest BCUT2D eigenvalue weighted by molar-refractivity contribution is 6.45. The molecule has 2 aliphatic heterocycles. The molecule has 1 saturated heterocycles. The summed E-state index contributed by atoms with van der Waals surface area (Å²) in [4.78, 5) is 26.0. The van der Waals surface area contributed by atoms with Gasteiger partial charge in [0.15, 0.2) is 0 Å². The van der Waals surface area contributed by atoms with Gasteiger partial charge in [-0.3, -0.25) is 4.79 Å². The molecule has 4 heterocycles. The minimum atomic E-state index is -1.12. The number of hydrogen-bond acceptors (Lipinski definition) is 4. The first-order valence-electron chi connectivity index (χ1n) is 10.9. The predicted molar refractivity (Wildman–Crippen MR) is 124 cm³/mol. The van der Waals surface area contributed by atoms with Gasteiger partial charge in [-0.25, -0.2) is 9.48 Å². The number of fused-ring (bicyclic) bond motifs is 3. The van der Waals surface area contributed by atoms with Gasteiger partial charge in [-0.15, -0.1) is 0 Å². The summed E-state index contributed by atoms with van der Waals surface area (Å²) in [5, 5.41) is 17.3. The zero-order chi connectivity index (χ0) is 23.1. The summed E-state index contributed by atoms with van der Waals surface area (Å²) in [7, 11) is 0. The number of carboxylic acid groups (broad SMARTS) is 1. The average molecular weight is 492 g/mol. The Hall–Kier alpha value is -2.75. The van der Waals surface area contributed by atoms with Crippen molar-refractivity contribution in [2.75, 3.05) is 26.2 Å². The van der Waals surface area contributed by atoms with Crippen molar-refractivity contribution in [3.63, 3.8) is 0 Å². The maximum absolute atomic E-state index is 13.6. The second kappa shape index (κ2) is 8.89. The number of benzene rings is 1. The van der Waals surface area contributed by atoms with Crippen LogP contribution in [0.4, 0.5) is 4.79 Å². The zero-order valence-electron chi connectivity index (χ0n) is 17.8. The molecule has 1 atom stereocenters. The molecule has 1 unspecified atom stereocenters. The van der Waals surface area contributed by atoms with Crippen LogP contribution < -0.4 is 5.32 Å². The van der Waals surface area contributed by atoms with E-state index in [9.17, 15) is 9.59 Å². The van der Waals surface area contributed by atoms with Gasteiger partial charge in [0.1, 0.15) is 11.9 Å². The highest BCUT2D eigenvalue weighted by atomic mass is 35.5. The lowest BCUT2D eigenvalue weighted by Gasteiger charge is -2.29. The van der Waals surface area contributed by atoms with Crippen LogP contribution in [-0.2, 0) is 11.3 Å². The van der Waals surface area contributed by atoms with Crippen molar-refractivity contribution in [1.29, 1.82) is 0 Å². The second-order valence-corrected chi connectivity index (χ2v) is 8.97. The maximum Gasteiger partial charge on any atom is 0.404 e. The monoisotopic (exact) mass is 491 g/mol. The second-order valence-electron chi connectivity index (χ2n) is 8.19. The van der Waals surface area contributed by atoms with E-state index in [1.54, 1.807) is 17.2 Å². The van der Waals surface area contributed by atoms with E-state index in [0.717, 1.165) is 35.8 Å². The van der Waals surface area contributed by atoms with Crippen LogP contribution >= 0.6 is 23.2 Å². The number of hydrogen-bond donors (Lipinski definition) is 2. The zero-order valence-corrected chi connectivity index (χ0v) is 19.3. The van der Waals surface area contributed by atoms with Gasteiger partial charge in [0, 0.05) is 55.5 Å². The molecule has 2 aliphatic rings. The first kappa shape index (κ1) is 22.1. The molecular formula is C22H23Cl2N5O4. The average Bonchev–Trinajstić information content (AvgIpc) is 3.41. The number of halogens is 2. The maximum atomic E-state index is 13.6. The number of carbonyl (C=O) groups is 2. The van der Waals surface area contributed by atoms with E-state index in [1.807, 2.05) is 21.5 Å². The van der Waals surface area contributed by atoms with Crippen LogP contribution in [-0.4, -0.2) is 62.6 Å². The number of rotatable bonds is 5. The Balaban J connectivity index is 1.59. The Morgan fingerprint density at radius 1 is 1.27 bits per heavy atom. The van der Waals surface area contributed by atoms with E-state index in [1.165, 1.54) is 0 Å². The fourth-order valence-corrected chi connectivity index (χ4v) is 5.08. The first-order chi connectivity index (χ1) is 16.0. The van der Waals surface area contributed by atoms with Crippen LogP contribution in [0.2, 0.25) is 10.0 Å². The molecule has 2 amide bonds. The summed E-state index contributed by atoms with van der Waals surface area (Å²) in [6.45, 7) is 2.09. The summed E-state index contributed by atoms with van der Waals surface area (Å²) >= 11 is 12.9. The Bertz CT molecular complexity index is 1230. The molecule has 0 bridgehead atoms. The van der Waals surface area contributed by atoms with E-state index in [4.69, 9.17) is 33.0 Å². The number of aromatic nitrogens is 3. The Labute approximate surface area is 199 Å². The minimum absolute atomic E-state index is 0.121. The highest BCUT2D eigenvalue weighted by Gasteiger charge is 2.33. The van der Waals surface area contributed by atoms with Crippen LogP contribution in [0.3, 0.4) is 0 Å². The molecule has 0 saturated carbocycles. The van der Waals surface area contributed by atoms with Crippen molar-refractivity contribution in [1.82, 2.24) is 24.6 Å². The minimum Gasteiger partial charge on any atom is -0.465 e. The van der Waals surface area contributed by atoms with Gasteiger partial charge in [-0.1, -0.05) is 29.3 Å². The smallest absolute Gasteiger partial charge is 0.404 e. The molecule has 0 spiro atoms. The standard InChI is InChI=1S/C22H23Cl2N5O4/c23-15-5-4-14-17(13-11-26-29(12-13)16-3-1-2-10-33-16)20-21(30)27(7-6-25-22(31)32)8-9-28(20)19(14)18(15)24/h4-5,11-12,16,25H,1-3,6-10H2,(H,31,32). The van der Waals surface area contributed by atoms with Gasteiger partial charge in [-0.05, 0) is 25.3 Å². The topological polar surface area (TPSA) is 102 Å². The van der Waals surface area contributed by atoms with Crippen molar-refractivity contribution < 1.29 is 19.4 Å². The van der Waals surface area contributed by atoms with Crippen molar-refractivity contribution in [2.45, 2.75) is 32.0 Å². The highest BCUT2D eigenvalue weighted by Crippen LogP contribution is 2.42. The third-order valence-electron chi connectivity index (χ3n) is 6.20. The quantitative estimate of drug-likeness (QED) is 0.555. The van der Waals surface area contributed by atoms with E-state index in [2.05, 4.69) is 10.4 Å². The van der Waals surface area contributed by atoms with Crippen molar-refractivity contribution in [3.05, 3.63) is 40.3 Å². The van der Waals surface area contributed by atoms with Crippen molar-refractivity contribution in [3.8, 4) is 11.1 Å². The molecule has 1 aromatic carbocycles. The Morgan fingerprint density at radius 2 is 2.12 bits per heavy atom. The molecule has 174 valence electrons. The third-order valence-corrected chi connectivity index (χ3v) is 6.99. The summed E-state index contributed by atoms with van der Waals surface area (Å²) in [6, 6.07) is 3.61. The Kier molecular flexibility index (Phi) is 5.94. The summed E-state index contributed by atoms with van der Waals surface area (Å²) in [6.07, 6.45) is 5.43. The SMILES string of the molecule is O=C(O)NCCN1CCn2c(c(-c3cnn(C4CCCCO4)c3)c3ccc(Cl)c(Cl)c32)C1=O. The van der Waals surface area contributed by atoms with E-state index < -0.39 is 6.09 Å². The van der Waals surface area contributed by atoms with E-state index >= 15 is 0 Å². The van der Waals surface area contributed by atoms with Gasteiger partial charge < -0.3 is 24.6 Å². The third kappa shape index (κ3) is 3.94. The number of amides is 2. The number of carbonyl (C=O) groups excluding carboxylic acids is 1. The van der Waals surface area contributed by atoms with Gasteiger partial charge in [0.2, 0.25) is 0 Å². The van der Waals surface area contributed by atoms with E-state index in [0.29, 0.717) is 41.0 Å². The van der Waals surface area contributed by atoms with Crippen LogP contribution in [0, 0.1) is 0 Å². The molecule has 0 radical (unpaired) electrons. The molecule has 0 aliphatic carbocycles. The van der Waals surface area contributed by atoms with Crippen molar-refractivity contribution >= 4 is 46.1 Å². The number of nitrogens with zero attached hydrogens (tertiary/aromatic N) is 4. The lowest BCUT2D eigenvalue weighted by molar-refractivity contribution is -0.0394. The Morgan fingerprint density at radius 3 is 2.88 bits per heavy atom. The molecule has 2 aromatic heterocycles. The molecule has 2 N–H and O–H groups in total. The van der Waals surface area contributed by atoms with Crippen LogP contribution in [0.25, 0.3) is 22.0 Å². The fraction of sp³-hybridized carbons (Fsp3) is 0.409. The molecule has 9 nitrogen and oxygen atoms in total. The van der Waals surface area contributed by atoms with Gasteiger partial charge in [0.05, 0.1) is 21.8 Å². The molecule has 11 heteroatoms. The van der Waals surface area contributed by atoms with Gasteiger partial charge in [0.25, 0.3) is 5.91 Å². The molecule has 1 fully saturated rings. The van der Waals surface area contributed by atoms with Crippen LogP contribution in [0.5, 0.6) is 0 Å². The normalized spacial score (nSPS) is 18.5. The summed E-state index contributed by atoms with van der Waals surface area (Å²) < 4.78 is 9.58. The van der Waals surface area contributed by atoms with Crippen LogP contribution in [0.15, 0.2) is 24.5 Å². The molecule has 3 aromatic rings. The number of nitrogens with one attached hydrogen (secondary N) is 1. The summed E-state index contributed by atoms with van der Waals surface area (Å²) in [5.41, 5.74) is 2.75. The molecule has 33 heavy (non-hydrogen) atoms. The molecule has 5 rings (SSSR count). The lowest BCUT2D eigenvalue weighted by Crippen LogP contribution is -2.44. The van der Waals surface area contributed by atoms with Gasteiger partial charge >= 0.3 is 6.09 Å². The van der Waals surface area contributed by atoms with Crippen LogP contribution in [0.1, 0.15) is 36.0 Å². The van der Waals surface area contributed by atoms with Crippen molar-refractivity contribution in [2.24, 2.45) is 0 Å². The number of ether oxygens (including phenoxy) is 1. The fourth-order valence-electron chi connectivity index (χ4n) is 4.66. The van der Waals surface area contributed by atoms with Gasteiger partial charge in [-0.2, -0.15) is 5.10 Å². The molecular weight excluding hydrogens is 469 g/mol. The lowest BCUT2D eigenvalue weighted by atomic mass is 10.0. The largest absolute Gasteiger partial charge is 0.465 e. The first-order valence-corrected chi connectivity index (χ1v) is 11.6. The summed E-state index contributed by atoms with van der Waals surface area (Å²) in [5.74, 6) is -0.187. The van der Waals surface area contributed by atoms with E-state index in [-0.39, 0.29) is 25.2 Å².